The number of aryl methyl sites for hydroxylation is 1. The van der Waals surface area contributed by atoms with Crippen molar-refractivity contribution in [2.75, 3.05) is 13.2 Å². The van der Waals surface area contributed by atoms with E-state index in [0.717, 1.165) is 49.4 Å². The standard InChI is InChI=1S/C18H23N3O2S/c1-13-9-19-20(10-13)11-15-4-2-3-6-21(15)18(22)17-8-14-12-23-7-5-16(14)24-17/h8-10,15H,2-7,11-12H2,1H3/t15-/m0/s1. The second kappa shape index (κ2) is 6.69. The molecule has 4 heterocycles. The summed E-state index contributed by atoms with van der Waals surface area (Å²) in [6.07, 6.45) is 8.20. The molecule has 5 nitrogen and oxygen atoms in total. The number of aromatic nitrogens is 2. The van der Waals surface area contributed by atoms with Gasteiger partial charge in [-0.15, -0.1) is 11.3 Å². The van der Waals surface area contributed by atoms with Gasteiger partial charge in [-0.05, 0) is 43.4 Å². The number of amides is 1. The monoisotopic (exact) mass is 345 g/mol. The van der Waals surface area contributed by atoms with Crippen LogP contribution < -0.4 is 0 Å². The summed E-state index contributed by atoms with van der Waals surface area (Å²) >= 11 is 1.66. The number of hydrogen-bond acceptors (Lipinski definition) is 4. The number of carbonyl (C=O) groups is 1. The number of rotatable bonds is 3. The van der Waals surface area contributed by atoms with Gasteiger partial charge in [0.05, 0.1) is 36.9 Å². The number of piperidine rings is 1. The largest absolute Gasteiger partial charge is 0.376 e. The quantitative estimate of drug-likeness (QED) is 0.859. The molecule has 1 fully saturated rings. The topological polar surface area (TPSA) is 47.4 Å². The maximum Gasteiger partial charge on any atom is 0.264 e. The van der Waals surface area contributed by atoms with E-state index in [4.69, 9.17) is 4.74 Å². The number of carbonyl (C=O) groups excluding carboxylic acids is 1. The van der Waals surface area contributed by atoms with Crippen LogP contribution in [0, 0.1) is 6.92 Å². The van der Waals surface area contributed by atoms with Crippen molar-refractivity contribution in [1.29, 1.82) is 0 Å². The van der Waals surface area contributed by atoms with E-state index in [1.54, 1.807) is 11.3 Å². The van der Waals surface area contributed by atoms with Crippen LogP contribution in [0.3, 0.4) is 0 Å². The Kier molecular flexibility index (Phi) is 4.41. The lowest BCUT2D eigenvalue weighted by molar-refractivity contribution is 0.0588. The Bertz CT molecular complexity index is 713. The molecule has 2 aliphatic rings. The number of ether oxygens (including phenoxy) is 1. The van der Waals surface area contributed by atoms with Gasteiger partial charge in [-0.2, -0.15) is 5.10 Å². The molecule has 2 aliphatic heterocycles. The van der Waals surface area contributed by atoms with E-state index in [1.165, 1.54) is 16.9 Å². The van der Waals surface area contributed by atoms with Crippen molar-refractivity contribution >= 4 is 17.2 Å². The molecule has 0 radical (unpaired) electrons. The molecule has 4 rings (SSSR count). The molecule has 0 spiro atoms. The minimum atomic E-state index is 0.183. The fourth-order valence-electron chi connectivity index (χ4n) is 3.63. The SMILES string of the molecule is Cc1cnn(C[C@@H]2CCCCN2C(=O)c2cc3c(s2)CCOC3)c1. The van der Waals surface area contributed by atoms with Crippen LogP contribution in [0.2, 0.25) is 0 Å². The molecule has 2 aromatic rings. The lowest BCUT2D eigenvalue weighted by Crippen LogP contribution is -2.45. The van der Waals surface area contributed by atoms with Gasteiger partial charge in [-0.3, -0.25) is 9.48 Å². The molecule has 24 heavy (non-hydrogen) atoms. The summed E-state index contributed by atoms with van der Waals surface area (Å²) in [5.41, 5.74) is 2.36. The highest BCUT2D eigenvalue weighted by Gasteiger charge is 2.29. The van der Waals surface area contributed by atoms with Gasteiger partial charge < -0.3 is 9.64 Å². The highest BCUT2D eigenvalue weighted by Crippen LogP contribution is 2.30. The van der Waals surface area contributed by atoms with Crippen LogP contribution in [-0.2, 0) is 24.3 Å². The van der Waals surface area contributed by atoms with Crippen LogP contribution in [-0.4, -0.2) is 39.8 Å². The Morgan fingerprint density at radius 2 is 2.38 bits per heavy atom. The van der Waals surface area contributed by atoms with Crippen molar-refractivity contribution in [3.63, 3.8) is 0 Å². The molecule has 1 saturated heterocycles. The molecular formula is C18H23N3O2S. The van der Waals surface area contributed by atoms with Gasteiger partial charge >= 0.3 is 0 Å². The maximum atomic E-state index is 13.1. The second-order valence-electron chi connectivity index (χ2n) is 6.75. The van der Waals surface area contributed by atoms with Gasteiger partial charge in [0.1, 0.15) is 0 Å². The molecule has 0 unspecified atom stereocenters. The molecule has 1 amide bonds. The van der Waals surface area contributed by atoms with Crippen LogP contribution in [0.25, 0.3) is 0 Å². The van der Waals surface area contributed by atoms with Crippen LogP contribution in [0.1, 0.15) is 44.9 Å². The average Bonchev–Trinajstić information content (AvgIpc) is 3.20. The summed E-state index contributed by atoms with van der Waals surface area (Å²) in [6.45, 7) is 5.10. The third-order valence-electron chi connectivity index (χ3n) is 4.89. The normalized spacial score (nSPS) is 20.9. The zero-order valence-corrected chi connectivity index (χ0v) is 14.8. The Hall–Kier alpha value is -1.66. The summed E-state index contributed by atoms with van der Waals surface area (Å²) in [5.74, 6) is 0.183. The van der Waals surface area contributed by atoms with Crippen LogP contribution >= 0.6 is 11.3 Å². The summed E-state index contributed by atoms with van der Waals surface area (Å²) < 4.78 is 7.48. The molecule has 0 saturated carbocycles. The molecular weight excluding hydrogens is 322 g/mol. The van der Waals surface area contributed by atoms with Crippen molar-refractivity contribution in [3.05, 3.63) is 39.3 Å². The zero-order valence-electron chi connectivity index (χ0n) is 14.0. The average molecular weight is 345 g/mol. The fraction of sp³-hybridized carbons (Fsp3) is 0.556. The Labute approximate surface area is 146 Å². The first-order valence-corrected chi connectivity index (χ1v) is 9.52. The zero-order chi connectivity index (χ0) is 16.5. The lowest BCUT2D eigenvalue weighted by Gasteiger charge is -2.35. The van der Waals surface area contributed by atoms with Gasteiger partial charge in [0, 0.05) is 24.0 Å². The Morgan fingerprint density at radius 3 is 3.17 bits per heavy atom. The molecule has 0 bridgehead atoms. The lowest BCUT2D eigenvalue weighted by atomic mass is 10.0. The van der Waals surface area contributed by atoms with Crippen LogP contribution in [0.15, 0.2) is 18.5 Å². The third-order valence-corrected chi connectivity index (χ3v) is 6.11. The van der Waals surface area contributed by atoms with E-state index in [9.17, 15) is 4.79 Å². The number of thiophene rings is 1. The molecule has 2 aromatic heterocycles. The molecule has 0 aliphatic carbocycles. The molecule has 0 aromatic carbocycles. The predicted octanol–water partition coefficient (Wildman–Crippen LogP) is 3.02. The first kappa shape index (κ1) is 15.8. The highest BCUT2D eigenvalue weighted by molar-refractivity contribution is 7.14. The van der Waals surface area contributed by atoms with Crippen LogP contribution in [0.4, 0.5) is 0 Å². The van der Waals surface area contributed by atoms with E-state index in [0.29, 0.717) is 6.61 Å². The van der Waals surface area contributed by atoms with Crippen molar-refractivity contribution in [2.45, 2.75) is 51.8 Å². The van der Waals surface area contributed by atoms with Gasteiger partial charge in [-0.1, -0.05) is 0 Å². The first-order chi connectivity index (χ1) is 11.7. The van der Waals surface area contributed by atoms with E-state index in [-0.39, 0.29) is 11.9 Å². The van der Waals surface area contributed by atoms with E-state index in [2.05, 4.69) is 16.2 Å². The summed E-state index contributed by atoms with van der Waals surface area (Å²) in [5, 5.41) is 4.39. The van der Waals surface area contributed by atoms with Crippen LogP contribution in [0.5, 0.6) is 0 Å². The van der Waals surface area contributed by atoms with E-state index in [1.807, 2.05) is 23.9 Å². The number of fused-ring (bicyclic) bond motifs is 1. The molecule has 0 N–H and O–H groups in total. The fourth-order valence-corrected chi connectivity index (χ4v) is 4.74. The highest BCUT2D eigenvalue weighted by atomic mass is 32.1. The van der Waals surface area contributed by atoms with Crippen molar-refractivity contribution in [2.24, 2.45) is 0 Å². The van der Waals surface area contributed by atoms with Crippen molar-refractivity contribution < 1.29 is 9.53 Å². The summed E-state index contributed by atoms with van der Waals surface area (Å²) in [4.78, 5) is 17.3. The van der Waals surface area contributed by atoms with Crippen molar-refractivity contribution in [3.8, 4) is 0 Å². The minimum Gasteiger partial charge on any atom is -0.376 e. The smallest absolute Gasteiger partial charge is 0.264 e. The minimum absolute atomic E-state index is 0.183. The van der Waals surface area contributed by atoms with E-state index < -0.39 is 0 Å². The number of hydrogen-bond donors (Lipinski definition) is 0. The Balaban J connectivity index is 1.53. The van der Waals surface area contributed by atoms with Gasteiger partial charge in [0.15, 0.2) is 0 Å². The summed E-state index contributed by atoms with van der Waals surface area (Å²) in [7, 11) is 0. The maximum absolute atomic E-state index is 13.1. The third kappa shape index (κ3) is 3.13. The molecule has 128 valence electrons. The molecule has 1 atom stereocenters. The van der Waals surface area contributed by atoms with Gasteiger partial charge in [0.25, 0.3) is 5.91 Å². The van der Waals surface area contributed by atoms with E-state index >= 15 is 0 Å². The van der Waals surface area contributed by atoms with Gasteiger partial charge in [-0.25, -0.2) is 0 Å². The second-order valence-corrected chi connectivity index (χ2v) is 7.89. The van der Waals surface area contributed by atoms with Gasteiger partial charge in [0.2, 0.25) is 0 Å². The summed E-state index contributed by atoms with van der Waals surface area (Å²) in [6, 6.07) is 2.28. The Morgan fingerprint density at radius 1 is 1.46 bits per heavy atom. The molecule has 6 heteroatoms. The number of likely N-dealkylation sites (tertiary alicyclic amines) is 1. The number of nitrogens with zero attached hydrogens (tertiary/aromatic N) is 3. The first-order valence-electron chi connectivity index (χ1n) is 8.70. The van der Waals surface area contributed by atoms with Crippen molar-refractivity contribution in [1.82, 2.24) is 14.7 Å². The predicted molar refractivity (Wildman–Crippen MR) is 93.3 cm³/mol.